The van der Waals surface area contributed by atoms with Crippen molar-refractivity contribution < 1.29 is 19.4 Å². The zero-order valence-corrected chi connectivity index (χ0v) is 15.9. The van der Waals surface area contributed by atoms with Gasteiger partial charge < -0.3 is 20.4 Å². The molecule has 1 heterocycles. The Labute approximate surface area is 164 Å². The molecule has 0 spiro atoms. The number of benzene rings is 2. The fourth-order valence-electron chi connectivity index (χ4n) is 3.49. The van der Waals surface area contributed by atoms with Crippen molar-refractivity contribution in [3.05, 3.63) is 71.5 Å². The molecule has 5 nitrogen and oxygen atoms in total. The summed E-state index contributed by atoms with van der Waals surface area (Å²) in [5.74, 6) is -0.331. The van der Waals surface area contributed by atoms with E-state index in [4.69, 9.17) is 0 Å². The van der Waals surface area contributed by atoms with E-state index >= 15 is 0 Å². The summed E-state index contributed by atoms with van der Waals surface area (Å²) in [5.41, 5.74) is 0.726. The first-order chi connectivity index (χ1) is 13.5. The third-order valence-corrected chi connectivity index (χ3v) is 5.24. The van der Waals surface area contributed by atoms with E-state index in [1.807, 2.05) is 30.3 Å². The van der Waals surface area contributed by atoms with Crippen LogP contribution >= 0.6 is 0 Å². The number of aliphatic hydroxyl groups excluding tert-OH is 1. The molecule has 6 heteroatoms. The van der Waals surface area contributed by atoms with Gasteiger partial charge in [0.2, 0.25) is 5.91 Å². The van der Waals surface area contributed by atoms with Crippen LogP contribution in [0.4, 0.5) is 4.39 Å². The summed E-state index contributed by atoms with van der Waals surface area (Å²) in [6.07, 6.45) is 0.698. The van der Waals surface area contributed by atoms with Crippen molar-refractivity contribution in [3.8, 4) is 0 Å². The van der Waals surface area contributed by atoms with E-state index in [2.05, 4.69) is 5.32 Å². The number of β-amino-alcohol motifs (C(OH)–C–C–N with tert-alkyl or cyclic N) is 2. The Morgan fingerprint density at radius 1 is 1.11 bits per heavy atom. The molecule has 0 saturated carbocycles. The topological polar surface area (TPSA) is 72.8 Å². The van der Waals surface area contributed by atoms with E-state index in [0.29, 0.717) is 25.8 Å². The van der Waals surface area contributed by atoms with Crippen LogP contribution in [0.25, 0.3) is 0 Å². The Balaban J connectivity index is 1.43. The van der Waals surface area contributed by atoms with E-state index in [1.54, 1.807) is 12.1 Å². The quantitative estimate of drug-likeness (QED) is 0.602. The molecule has 2 aromatic carbocycles. The summed E-state index contributed by atoms with van der Waals surface area (Å²) in [6, 6.07) is 16.1. The number of hydrogen-bond donors (Lipinski definition) is 3. The summed E-state index contributed by atoms with van der Waals surface area (Å²) >= 11 is 0. The van der Waals surface area contributed by atoms with Gasteiger partial charge in [0.05, 0.1) is 6.54 Å². The lowest BCUT2D eigenvalue weighted by molar-refractivity contribution is -0.131. The van der Waals surface area contributed by atoms with Crippen LogP contribution < -0.4 is 5.32 Å². The van der Waals surface area contributed by atoms with Crippen LogP contribution in [0.5, 0.6) is 0 Å². The Morgan fingerprint density at radius 2 is 1.79 bits per heavy atom. The lowest BCUT2D eigenvalue weighted by Crippen LogP contribution is -2.50. The molecule has 0 aliphatic carbocycles. The number of carbonyl (C=O) groups is 1. The Bertz CT molecular complexity index is 769. The highest BCUT2D eigenvalue weighted by molar-refractivity contribution is 5.77. The summed E-state index contributed by atoms with van der Waals surface area (Å²) < 4.78 is 12.9. The smallest absolute Gasteiger partial charge is 0.223 e. The summed E-state index contributed by atoms with van der Waals surface area (Å²) in [7, 11) is 0. The Morgan fingerprint density at radius 3 is 2.50 bits per heavy atom. The van der Waals surface area contributed by atoms with Gasteiger partial charge in [-0.1, -0.05) is 42.5 Å². The molecule has 1 saturated heterocycles. The second kappa shape index (κ2) is 9.28. The molecule has 1 aliphatic heterocycles. The van der Waals surface area contributed by atoms with E-state index in [1.165, 1.54) is 17.0 Å². The van der Waals surface area contributed by atoms with Crippen molar-refractivity contribution in [1.82, 2.24) is 10.2 Å². The van der Waals surface area contributed by atoms with Crippen molar-refractivity contribution in [2.75, 3.05) is 26.2 Å². The largest absolute Gasteiger partial charge is 0.388 e. The van der Waals surface area contributed by atoms with Gasteiger partial charge in [0, 0.05) is 19.5 Å². The standard InChI is InChI=1S/C22H27FN2O3/c23-19-9-6-18(7-10-19)12-13-24-15-22(28)16-25(14-20(22)26)21(27)11-8-17-4-2-1-3-5-17/h1-7,9-10,20,24,26,28H,8,11-16H2/t20-,22+/m1/s1. The Hall–Kier alpha value is -2.28. The van der Waals surface area contributed by atoms with Crippen molar-refractivity contribution in [2.45, 2.75) is 31.0 Å². The summed E-state index contributed by atoms with van der Waals surface area (Å²) in [5, 5.41) is 24.2. The first-order valence-corrected chi connectivity index (χ1v) is 9.63. The van der Waals surface area contributed by atoms with E-state index < -0.39 is 11.7 Å². The number of aliphatic hydroxyl groups is 2. The number of amides is 1. The highest BCUT2D eigenvalue weighted by atomic mass is 19.1. The van der Waals surface area contributed by atoms with Crippen molar-refractivity contribution in [3.63, 3.8) is 0 Å². The molecule has 1 amide bonds. The highest BCUT2D eigenvalue weighted by Crippen LogP contribution is 2.22. The fraction of sp³-hybridized carbons (Fsp3) is 0.409. The summed E-state index contributed by atoms with van der Waals surface area (Å²) in [4.78, 5) is 14.0. The van der Waals surface area contributed by atoms with Crippen LogP contribution in [0.2, 0.25) is 0 Å². The number of rotatable bonds is 8. The number of likely N-dealkylation sites (tertiary alicyclic amines) is 1. The zero-order valence-electron chi connectivity index (χ0n) is 15.9. The molecular formula is C22H27FN2O3. The van der Waals surface area contributed by atoms with Crippen LogP contribution in [0, 0.1) is 5.82 Å². The molecule has 3 N–H and O–H groups in total. The fourth-order valence-corrected chi connectivity index (χ4v) is 3.49. The van der Waals surface area contributed by atoms with Gasteiger partial charge in [-0.3, -0.25) is 4.79 Å². The van der Waals surface area contributed by atoms with Gasteiger partial charge in [-0.15, -0.1) is 0 Å². The van der Waals surface area contributed by atoms with E-state index in [0.717, 1.165) is 11.1 Å². The minimum atomic E-state index is -1.36. The van der Waals surface area contributed by atoms with Crippen LogP contribution in [-0.4, -0.2) is 58.9 Å². The number of halogens is 1. The van der Waals surface area contributed by atoms with Crippen molar-refractivity contribution in [1.29, 1.82) is 0 Å². The number of hydrogen-bond acceptors (Lipinski definition) is 4. The van der Waals surface area contributed by atoms with Gasteiger partial charge in [0.15, 0.2) is 0 Å². The third-order valence-electron chi connectivity index (χ3n) is 5.24. The average molecular weight is 386 g/mol. The van der Waals surface area contributed by atoms with Gasteiger partial charge in [-0.25, -0.2) is 4.39 Å². The van der Waals surface area contributed by atoms with Gasteiger partial charge in [-0.05, 0) is 42.6 Å². The van der Waals surface area contributed by atoms with Crippen LogP contribution in [0.3, 0.4) is 0 Å². The van der Waals surface area contributed by atoms with E-state index in [9.17, 15) is 19.4 Å². The number of nitrogens with one attached hydrogen (secondary N) is 1. The van der Waals surface area contributed by atoms with Gasteiger partial charge in [-0.2, -0.15) is 0 Å². The number of nitrogens with zero attached hydrogens (tertiary/aromatic N) is 1. The molecule has 150 valence electrons. The van der Waals surface area contributed by atoms with Gasteiger partial charge >= 0.3 is 0 Å². The van der Waals surface area contributed by atoms with Gasteiger partial charge in [0.25, 0.3) is 0 Å². The predicted molar refractivity (Wildman–Crippen MR) is 105 cm³/mol. The molecule has 3 rings (SSSR count). The molecule has 2 aromatic rings. The molecule has 1 aliphatic rings. The first kappa shape index (κ1) is 20.5. The SMILES string of the molecule is O=C(CCc1ccccc1)N1C[C@@H](O)[C@](O)(CNCCc2ccc(F)cc2)C1. The lowest BCUT2D eigenvalue weighted by atomic mass is 10.0. The van der Waals surface area contributed by atoms with Crippen LogP contribution in [0.1, 0.15) is 17.5 Å². The first-order valence-electron chi connectivity index (χ1n) is 9.63. The summed E-state index contributed by atoms with van der Waals surface area (Å²) in [6.45, 7) is 1.04. The third kappa shape index (κ3) is 5.38. The minimum Gasteiger partial charge on any atom is -0.388 e. The molecule has 0 bridgehead atoms. The molecule has 0 unspecified atom stereocenters. The molecule has 2 atom stereocenters. The second-order valence-electron chi connectivity index (χ2n) is 7.43. The van der Waals surface area contributed by atoms with Crippen molar-refractivity contribution in [2.24, 2.45) is 0 Å². The van der Waals surface area contributed by atoms with Crippen molar-refractivity contribution >= 4 is 5.91 Å². The molecule has 1 fully saturated rings. The highest BCUT2D eigenvalue weighted by Gasteiger charge is 2.45. The Kier molecular flexibility index (Phi) is 6.78. The van der Waals surface area contributed by atoms with Gasteiger partial charge in [0.1, 0.15) is 17.5 Å². The lowest BCUT2D eigenvalue weighted by Gasteiger charge is -2.26. The maximum atomic E-state index is 12.9. The minimum absolute atomic E-state index is 0.0647. The normalized spacial score (nSPS) is 21.8. The average Bonchev–Trinajstić information content (AvgIpc) is 3.00. The number of aryl methyl sites for hydroxylation is 1. The predicted octanol–water partition coefficient (Wildman–Crippen LogP) is 1.52. The zero-order chi connectivity index (χ0) is 20.0. The monoisotopic (exact) mass is 386 g/mol. The molecule has 0 radical (unpaired) electrons. The van der Waals surface area contributed by atoms with Crippen LogP contribution in [-0.2, 0) is 17.6 Å². The maximum Gasteiger partial charge on any atom is 0.223 e. The second-order valence-corrected chi connectivity index (χ2v) is 7.43. The molecule has 28 heavy (non-hydrogen) atoms. The maximum absolute atomic E-state index is 12.9. The molecular weight excluding hydrogens is 359 g/mol. The number of carbonyl (C=O) groups excluding carboxylic acids is 1. The van der Waals surface area contributed by atoms with E-state index in [-0.39, 0.29) is 31.4 Å². The molecule has 0 aromatic heterocycles. The van der Waals surface area contributed by atoms with Crippen LogP contribution in [0.15, 0.2) is 54.6 Å².